The minimum atomic E-state index is 0.238. The minimum Gasteiger partial charge on any atom is -0.388 e. The number of hydrogen-bond donors (Lipinski definition) is 4. The Labute approximate surface area is 60.9 Å². The monoisotopic (exact) mass is 147 g/mol. The van der Waals surface area contributed by atoms with Gasteiger partial charge in [-0.3, -0.25) is 5.41 Å². The highest BCUT2D eigenvalue weighted by Crippen LogP contribution is 1.73. The minimum absolute atomic E-state index is 0.238. The van der Waals surface area contributed by atoms with Crippen molar-refractivity contribution in [2.75, 3.05) is 18.8 Å². The van der Waals surface area contributed by atoms with Crippen LogP contribution in [0.1, 0.15) is 6.42 Å². The maximum absolute atomic E-state index is 6.85. The van der Waals surface area contributed by atoms with Gasteiger partial charge < -0.3 is 11.1 Å². The van der Waals surface area contributed by atoms with Crippen molar-refractivity contribution in [3.8, 4) is 0 Å². The number of amidine groups is 1. The molecular weight excluding hydrogens is 134 g/mol. The molecule has 0 rings (SSSR count). The van der Waals surface area contributed by atoms with Crippen molar-refractivity contribution in [2.24, 2.45) is 5.73 Å². The molecule has 0 fully saturated rings. The number of nitrogens with two attached hydrogens (primary N) is 1. The predicted molar refractivity (Wildman–Crippen MR) is 43.3 cm³/mol. The van der Waals surface area contributed by atoms with Gasteiger partial charge in [0.25, 0.3) is 0 Å². The second kappa shape index (κ2) is 5.91. The molecule has 0 spiro atoms. The summed E-state index contributed by atoms with van der Waals surface area (Å²) in [7, 11) is 0. The Morgan fingerprint density at radius 2 is 2.22 bits per heavy atom. The summed E-state index contributed by atoms with van der Waals surface area (Å²) in [5, 5.41) is 9.92. The molecule has 0 aromatic heterocycles. The van der Waals surface area contributed by atoms with Crippen LogP contribution in [0.3, 0.4) is 0 Å². The Morgan fingerprint density at radius 1 is 1.56 bits per heavy atom. The lowest BCUT2D eigenvalue weighted by molar-refractivity contribution is 0.740. The summed E-state index contributed by atoms with van der Waals surface area (Å²) in [6.07, 6.45) is 0.633. The molecule has 0 bridgehead atoms. The second-order valence-corrected chi connectivity index (χ2v) is 2.20. The van der Waals surface area contributed by atoms with Crippen LogP contribution in [-0.4, -0.2) is 24.7 Å². The van der Waals surface area contributed by atoms with E-state index in [0.717, 1.165) is 18.8 Å². The first-order valence-electron chi connectivity index (χ1n) is 2.92. The lowest BCUT2D eigenvalue weighted by atomic mass is 10.4. The van der Waals surface area contributed by atoms with Crippen LogP contribution in [0.4, 0.5) is 0 Å². The molecule has 0 atom stereocenters. The molecule has 0 aromatic carbocycles. The highest BCUT2D eigenvalue weighted by atomic mass is 32.1. The van der Waals surface area contributed by atoms with Crippen molar-refractivity contribution in [1.82, 2.24) is 5.32 Å². The summed E-state index contributed by atoms with van der Waals surface area (Å²) >= 11 is 4.00. The third-order valence-electron chi connectivity index (χ3n) is 0.860. The average Bonchev–Trinajstić information content (AvgIpc) is 1.80. The number of rotatable bonds is 5. The molecule has 0 heterocycles. The van der Waals surface area contributed by atoms with Crippen LogP contribution in [0.25, 0.3) is 0 Å². The van der Waals surface area contributed by atoms with E-state index < -0.39 is 0 Å². The van der Waals surface area contributed by atoms with Gasteiger partial charge in [-0.2, -0.15) is 12.6 Å². The largest absolute Gasteiger partial charge is 0.388 e. The number of nitrogens with one attached hydrogen (secondary N) is 2. The van der Waals surface area contributed by atoms with Gasteiger partial charge in [0.05, 0.1) is 5.84 Å². The first-order chi connectivity index (χ1) is 4.27. The van der Waals surface area contributed by atoms with Crippen molar-refractivity contribution in [3.63, 3.8) is 0 Å². The quantitative estimate of drug-likeness (QED) is 0.189. The van der Waals surface area contributed by atoms with Crippen molar-refractivity contribution in [2.45, 2.75) is 6.42 Å². The zero-order valence-electron chi connectivity index (χ0n) is 5.35. The molecule has 4 heteroatoms. The maximum Gasteiger partial charge on any atom is 0.0918 e. The van der Waals surface area contributed by atoms with Crippen LogP contribution in [0.2, 0.25) is 0 Å². The summed E-state index contributed by atoms with van der Waals surface area (Å²) < 4.78 is 0. The average molecular weight is 147 g/mol. The zero-order valence-corrected chi connectivity index (χ0v) is 6.25. The highest BCUT2D eigenvalue weighted by molar-refractivity contribution is 7.80. The highest BCUT2D eigenvalue weighted by Gasteiger charge is 1.86. The molecular formula is C5H13N3S. The van der Waals surface area contributed by atoms with Gasteiger partial charge >= 0.3 is 0 Å². The number of thiol groups is 1. The van der Waals surface area contributed by atoms with E-state index in [2.05, 4.69) is 17.9 Å². The van der Waals surface area contributed by atoms with Gasteiger partial charge in [-0.15, -0.1) is 0 Å². The van der Waals surface area contributed by atoms with Crippen molar-refractivity contribution >= 4 is 18.5 Å². The standard InChI is InChI=1S/C5H13N3S/c6-5(7)1-2-8-3-4-9/h8-9H,1-4H2,(H3,6,7). The molecule has 0 unspecified atom stereocenters. The fourth-order valence-electron chi connectivity index (χ4n) is 0.427. The topological polar surface area (TPSA) is 61.9 Å². The zero-order chi connectivity index (χ0) is 7.11. The van der Waals surface area contributed by atoms with Crippen LogP contribution in [0.5, 0.6) is 0 Å². The molecule has 0 aliphatic rings. The Hall–Kier alpha value is -0.220. The van der Waals surface area contributed by atoms with Crippen molar-refractivity contribution in [3.05, 3.63) is 0 Å². The Bertz CT molecular complexity index is 84.3. The molecule has 54 valence electrons. The van der Waals surface area contributed by atoms with Crippen molar-refractivity contribution < 1.29 is 0 Å². The fourth-order valence-corrected chi connectivity index (χ4v) is 0.585. The molecule has 0 saturated carbocycles. The molecule has 0 aliphatic heterocycles. The molecule has 3 nitrogen and oxygen atoms in total. The van der Waals surface area contributed by atoms with Crippen molar-refractivity contribution in [1.29, 1.82) is 5.41 Å². The van der Waals surface area contributed by atoms with E-state index in [9.17, 15) is 0 Å². The van der Waals surface area contributed by atoms with E-state index in [1.165, 1.54) is 0 Å². The maximum atomic E-state index is 6.85. The normalized spacial score (nSPS) is 9.44. The van der Waals surface area contributed by atoms with Gasteiger partial charge in [0.1, 0.15) is 0 Å². The summed E-state index contributed by atoms with van der Waals surface area (Å²) in [4.78, 5) is 0. The van der Waals surface area contributed by atoms with Gasteiger partial charge in [0.2, 0.25) is 0 Å². The molecule has 0 aliphatic carbocycles. The number of hydrogen-bond acceptors (Lipinski definition) is 3. The van der Waals surface area contributed by atoms with Crippen LogP contribution in [-0.2, 0) is 0 Å². The Balaban J connectivity index is 2.83. The molecule has 0 saturated heterocycles. The molecule has 0 amide bonds. The second-order valence-electron chi connectivity index (χ2n) is 1.75. The van der Waals surface area contributed by atoms with Crippen LogP contribution in [0.15, 0.2) is 0 Å². The fraction of sp³-hybridized carbons (Fsp3) is 0.800. The van der Waals surface area contributed by atoms with Gasteiger partial charge in [-0.1, -0.05) is 0 Å². The summed E-state index contributed by atoms with van der Waals surface area (Å²) in [6, 6.07) is 0. The van der Waals surface area contributed by atoms with Gasteiger partial charge in [-0.05, 0) is 0 Å². The third kappa shape index (κ3) is 7.78. The van der Waals surface area contributed by atoms with Crippen LogP contribution in [0, 0.1) is 5.41 Å². The molecule has 9 heavy (non-hydrogen) atoms. The summed E-state index contributed by atoms with van der Waals surface area (Å²) in [6.45, 7) is 1.67. The summed E-state index contributed by atoms with van der Waals surface area (Å²) in [5.74, 6) is 1.07. The molecule has 4 N–H and O–H groups in total. The van der Waals surface area contributed by atoms with Gasteiger partial charge in [-0.25, -0.2) is 0 Å². The Morgan fingerprint density at radius 3 is 2.67 bits per heavy atom. The van der Waals surface area contributed by atoms with E-state index in [1.54, 1.807) is 0 Å². The lowest BCUT2D eigenvalue weighted by Crippen LogP contribution is -2.22. The third-order valence-corrected chi connectivity index (χ3v) is 1.08. The van der Waals surface area contributed by atoms with Gasteiger partial charge in [0.15, 0.2) is 0 Å². The predicted octanol–water partition coefficient (Wildman–Crippen LogP) is -0.168. The van der Waals surface area contributed by atoms with E-state index in [4.69, 9.17) is 11.1 Å². The lowest BCUT2D eigenvalue weighted by Gasteiger charge is -1.99. The van der Waals surface area contributed by atoms with E-state index in [0.29, 0.717) is 6.42 Å². The van der Waals surface area contributed by atoms with E-state index in [-0.39, 0.29) is 5.84 Å². The molecule has 0 aromatic rings. The summed E-state index contributed by atoms with van der Waals surface area (Å²) in [5.41, 5.74) is 5.10. The molecule has 0 radical (unpaired) electrons. The smallest absolute Gasteiger partial charge is 0.0918 e. The first kappa shape index (κ1) is 8.78. The van der Waals surface area contributed by atoms with E-state index in [1.807, 2.05) is 0 Å². The van der Waals surface area contributed by atoms with Crippen LogP contribution >= 0.6 is 12.6 Å². The van der Waals surface area contributed by atoms with Crippen LogP contribution < -0.4 is 11.1 Å². The SMILES string of the molecule is N=C(N)CCNCCS. The Kier molecular flexibility index (Phi) is 5.76. The van der Waals surface area contributed by atoms with E-state index >= 15 is 0 Å². The first-order valence-corrected chi connectivity index (χ1v) is 3.55. The van der Waals surface area contributed by atoms with Gasteiger partial charge in [0, 0.05) is 25.3 Å².